The van der Waals surface area contributed by atoms with Crippen molar-refractivity contribution in [1.29, 1.82) is 0 Å². The Labute approximate surface area is 159 Å². The number of ether oxygens (including phenoxy) is 1. The average molecular weight is 414 g/mol. The van der Waals surface area contributed by atoms with Crippen molar-refractivity contribution in [3.63, 3.8) is 0 Å². The minimum absolute atomic E-state index is 0.0240. The van der Waals surface area contributed by atoms with Crippen LogP contribution in [0.4, 0.5) is 18.9 Å². The molecule has 0 heterocycles. The third kappa shape index (κ3) is 5.23. The quantitative estimate of drug-likeness (QED) is 0.757. The van der Waals surface area contributed by atoms with Crippen molar-refractivity contribution >= 4 is 21.6 Å². The molecule has 1 aliphatic rings. The fourth-order valence-corrected chi connectivity index (χ4v) is 3.77. The molecule has 0 unspecified atom stereocenters. The Kier molecular flexibility index (Phi) is 5.35. The highest BCUT2D eigenvalue weighted by molar-refractivity contribution is 7.89. The predicted molar refractivity (Wildman–Crippen MR) is 95.6 cm³/mol. The van der Waals surface area contributed by atoms with Crippen LogP contribution in [-0.4, -0.2) is 26.7 Å². The molecule has 0 atom stereocenters. The summed E-state index contributed by atoms with van der Waals surface area (Å²) in [7, 11) is -3.72. The standard InChI is InChI=1S/C18H17F3N2O4S/c1-11-2-9-15(28(25,26)23-13-3-4-13)10-16(11)17(24)22-12-5-7-14(8-6-12)27-18(19,20)21/h2,5-10,13,23H,3-4H2,1H3,(H,22,24). The molecule has 1 aliphatic carbocycles. The summed E-state index contributed by atoms with van der Waals surface area (Å²) in [6, 6.07) is 8.79. The van der Waals surface area contributed by atoms with E-state index in [9.17, 15) is 26.4 Å². The first kappa shape index (κ1) is 20.2. The predicted octanol–water partition coefficient (Wildman–Crippen LogP) is 3.59. The van der Waals surface area contributed by atoms with Crippen molar-refractivity contribution in [3.8, 4) is 5.75 Å². The van der Waals surface area contributed by atoms with Gasteiger partial charge in [-0.3, -0.25) is 4.79 Å². The molecule has 6 nitrogen and oxygen atoms in total. The Bertz CT molecular complexity index is 985. The maximum Gasteiger partial charge on any atom is 0.573 e. The van der Waals surface area contributed by atoms with E-state index in [0.29, 0.717) is 5.56 Å². The molecule has 0 aromatic heterocycles. The van der Waals surface area contributed by atoms with Crippen molar-refractivity contribution in [2.45, 2.75) is 37.1 Å². The third-order valence-corrected chi connectivity index (χ3v) is 5.53. The molecule has 1 saturated carbocycles. The number of alkyl halides is 3. The first-order valence-electron chi connectivity index (χ1n) is 8.34. The smallest absolute Gasteiger partial charge is 0.406 e. The summed E-state index contributed by atoms with van der Waals surface area (Å²) in [6.45, 7) is 1.65. The van der Waals surface area contributed by atoms with Gasteiger partial charge >= 0.3 is 6.36 Å². The van der Waals surface area contributed by atoms with Crippen LogP contribution in [0.5, 0.6) is 5.75 Å². The van der Waals surface area contributed by atoms with Crippen molar-refractivity contribution in [2.24, 2.45) is 0 Å². The van der Waals surface area contributed by atoms with Gasteiger partial charge in [0.25, 0.3) is 5.91 Å². The van der Waals surface area contributed by atoms with Crippen LogP contribution >= 0.6 is 0 Å². The van der Waals surface area contributed by atoms with Gasteiger partial charge in [0.2, 0.25) is 10.0 Å². The molecular formula is C18H17F3N2O4S. The second-order valence-electron chi connectivity index (χ2n) is 6.40. The van der Waals surface area contributed by atoms with Crippen molar-refractivity contribution < 1.29 is 31.1 Å². The lowest BCUT2D eigenvalue weighted by atomic mass is 10.1. The Balaban J connectivity index is 1.76. The van der Waals surface area contributed by atoms with Gasteiger partial charge in [0.1, 0.15) is 5.75 Å². The SMILES string of the molecule is Cc1ccc(S(=O)(=O)NC2CC2)cc1C(=O)Nc1ccc(OC(F)(F)F)cc1. The lowest BCUT2D eigenvalue weighted by Gasteiger charge is -2.12. The van der Waals surface area contributed by atoms with Crippen LogP contribution in [0.1, 0.15) is 28.8 Å². The van der Waals surface area contributed by atoms with Gasteiger partial charge in [-0.15, -0.1) is 13.2 Å². The Morgan fingerprint density at radius 2 is 1.75 bits per heavy atom. The van der Waals surface area contributed by atoms with E-state index in [1.165, 1.54) is 30.3 Å². The van der Waals surface area contributed by atoms with Gasteiger partial charge in [-0.05, 0) is 61.7 Å². The first-order chi connectivity index (χ1) is 13.0. The molecule has 0 aliphatic heterocycles. The van der Waals surface area contributed by atoms with E-state index in [0.717, 1.165) is 25.0 Å². The largest absolute Gasteiger partial charge is 0.573 e. The maximum atomic E-state index is 12.5. The van der Waals surface area contributed by atoms with Gasteiger partial charge < -0.3 is 10.1 Å². The fraction of sp³-hybridized carbons (Fsp3) is 0.278. The zero-order chi connectivity index (χ0) is 20.5. The lowest BCUT2D eigenvalue weighted by molar-refractivity contribution is -0.274. The molecule has 150 valence electrons. The minimum atomic E-state index is -4.80. The van der Waals surface area contributed by atoms with Gasteiger partial charge in [0.05, 0.1) is 4.90 Å². The van der Waals surface area contributed by atoms with Crippen LogP contribution in [0.25, 0.3) is 0 Å². The molecule has 0 radical (unpaired) electrons. The molecule has 0 saturated heterocycles. The fourth-order valence-electron chi connectivity index (χ4n) is 2.44. The molecule has 10 heteroatoms. The number of anilines is 1. The summed E-state index contributed by atoms with van der Waals surface area (Å²) in [5, 5.41) is 2.53. The van der Waals surface area contributed by atoms with Crippen LogP contribution in [-0.2, 0) is 10.0 Å². The Morgan fingerprint density at radius 3 is 2.32 bits per heavy atom. The molecule has 1 fully saturated rings. The number of carbonyl (C=O) groups excluding carboxylic acids is 1. The van der Waals surface area contributed by atoms with E-state index in [-0.39, 0.29) is 22.2 Å². The summed E-state index contributed by atoms with van der Waals surface area (Å²) in [5.74, 6) is -0.994. The second-order valence-corrected chi connectivity index (χ2v) is 8.11. The van der Waals surface area contributed by atoms with Crippen LogP contribution in [0.2, 0.25) is 0 Å². The van der Waals surface area contributed by atoms with Crippen LogP contribution in [0.15, 0.2) is 47.4 Å². The van der Waals surface area contributed by atoms with Crippen molar-refractivity contribution in [3.05, 3.63) is 53.6 Å². The highest BCUT2D eigenvalue weighted by atomic mass is 32.2. The maximum absolute atomic E-state index is 12.5. The number of hydrogen-bond acceptors (Lipinski definition) is 4. The van der Waals surface area contributed by atoms with E-state index in [4.69, 9.17) is 0 Å². The molecule has 0 bridgehead atoms. The second kappa shape index (κ2) is 7.44. The van der Waals surface area contributed by atoms with Crippen molar-refractivity contribution in [1.82, 2.24) is 4.72 Å². The minimum Gasteiger partial charge on any atom is -0.406 e. The average Bonchev–Trinajstić information content (AvgIpc) is 3.38. The number of sulfonamides is 1. The summed E-state index contributed by atoms with van der Waals surface area (Å²) in [5.41, 5.74) is 0.942. The van der Waals surface area contributed by atoms with Crippen LogP contribution in [0.3, 0.4) is 0 Å². The lowest BCUT2D eigenvalue weighted by Crippen LogP contribution is -2.26. The van der Waals surface area contributed by atoms with E-state index in [1.807, 2.05) is 0 Å². The van der Waals surface area contributed by atoms with E-state index in [1.54, 1.807) is 6.92 Å². The Morgan fingerprint density at radius 1 is 1.11 bits per heavy atom. The zero-order valence-corrected chi connectivity index (χ0v) is 15.5. The summed E-state index contributed by atoms with van der Waals surface area (Å²) in [6.07, 6.45) is -3.23. The van der Waals surface area contributed by atoms with Gasteiger partial charge in [0, 0.05) is 17.3 Å². The molecule has 28 heavy (non-hydrogen) atoms. The first-order valence-corrected chi connectivity index (χ1v) is 9.82. The number of halogens is 3. The van der Waals surface area contributed by atoms with Gasteiger partial charge in [-0.1, -0.05) is 6.07 Å². The number of hydrogen-bond donors (Lipinski definition) is 2. The number of nitrogens with one attached hydrogen (secondary N) is 2. The van der Waals surface area contributed by atoms with E-state index < -0.39 is 28.0 Å². The molecule has 0 spiro atoms. The topological polar surface area (TPSA) is 84.5 Å². The third-order valence-electron chi connectivity index (χ3n) is 4.01. The van der Waals surface area contributed by atoms with E-state index in [2.05, 4.69) is 14.8 Å². The number of aryl methyl sites for hydroxylation is 1. The number of carbonyl (C=O) groups is 1. The van der Waals surface area contributed by atoms with Crippen LogP contribution in [0, 0.1) is 6.92 Å². The van der Waals surface area contributed by atoms with Crippen molar-refractivity contribution in [2.75, 3.05) is 5.32 Å². The summed E-state index contributed by atoms with van der Waals surface area (Å²) >= 11 is 0. The Hall–Kier alpha value is -2.59. The van der Waals surface area contributed by atoms with Crippen LogP contribution < -0.4 is 14.8 Å². The highest BCUT2D eigenvalue weighted by Crippen LogP contribution is 2.25. The summed E-state index contributed by atoms with van der Waals surface area (Å²) < 4.78 is 67.5. The normalized spacial score (nSPS) is 14.6. The number of amides is 1. The summed E-state index contributed by atoms with van der Waals surface area (Å²) in [4.78, 5) is 12.5. The monoisotopic (exact) mass is 414 g/mol. The molecule has 2 aromatic carbocycles. The molecular weight excluding hydrogens is 397 g/mol. The zero-order valence-electron chi connectivity index (χ0n) is 14.7. The number of benzene rings is 2. The van der Waals surface area contributed by atoms with E-state index >= 15 is 0 Å². The van der Waals surface area contributed by atoms with Gasteiger partial charge in [-0.2, -0.15) is 0 Å². The molecule has 2 aromatic rings. The number of rotatable bonds is 6. The molecule has 1 amide bonds. The van der Waals surface area contributed by atoms with Gasteiger partial charge in [-0.25, -0.2) is 13.1 Å². The molecule has 3 rings (SSSR count). The van der Waals surface area contributed by atoms with Gasteiger partial charge in [0.15, 0.2) is 0 Å². The highest BCUT2D eigenvalue weighted by Gasteiger charge is 2.31. The molecule has 2 N–H and O–H groups in total.